The van der Waals surface area contributed by atoms with Crippen LogP contribution in [0.4, 0.5) is 4.39 Å². The molecule has 0 saturated carbocycles. The summed E-state index contributed by atoms with van der Waals surface area (Å²) in [6, 6.07) is 7.10. The Balaban J connectivity index is 0.00000264. The number of aliphatic imine (C=N–C) groups is 1. The van der Waals surface area contributed by atoms with Gasteiger partial charge in [-0.2, -0.15) is 11.3 Å². The van der Waals surface area contributed by atoms with Crippen molar-refractivity contribution < 1.29 is 9.13 Å². The van der Waals surface area contributed by atoms with Crippen molar-refractivity contribution in [3.05, 3.63) is 57.5 Å². The van der Waals surface area contributed by atoms with Gasteiger partial charge in [0.1, 0.15) is 5.82 Å². The van der Waals surface area contributed by atoms with Crippen LogP contribution in [0.15, 0.2) is 40.0 Å². The Bertz CT molecular complexity index is 620. The van der Waals surface area contributed by atoms with Gasteiger partial charge in [0.2, 0.25) is 0 Å². The predicted molar refractivity (Wildman–Crippen MR) is 104 cm³/mol. The first-order valence-corrected chi connectivity index (χ1v) is 7.89. The van der Waals surface area contributed by atoms with Gasteiger partial charge in [0, 0.05) is 32.8 Å². The van der Waals surface area contributed by atoms with E-state index >= 15 is 0 Å². The number of ether oxygens (including phenoxy) is 1. The standard InChI is InChI=1S/C16H20FN3OS.HI/c1-18-16(20-9-13-5-6-22-11-13)19-8-12-3-4-15(17)14(7-12)10-21-2;/h3-7,11H,8-10H2,1-2H3,(H2,18,19,20);1H. The van der Waals surface area contributed by atoms with Crippen molar-refractivity contribution in [3.63, 3.8) is 0 Å². The molecule has 0 unspecified atom stereocenters. The molecule has 1 aromatic heterocycles. The first-order chi connectivity index (χ1) is 10.7. The van der Waals surface area contributed by atoms with E-state index in [1.807, 2.05) is 5.38 Å². The predicted octanol–water partition coefficient (Wildman–Crippen LogP) is 3.52. The molecule has 126 valence electrons. The molecule has 0 aliphatic rings. The summed E-state index contributed by atoms with van der Waals surface area (Å²) in [5.74, 6) is 0.467. The summed E-state index contributed by atoms with van der Waals surface area (Å²) in [5.41, 5.74) is 2.76. The van der Waals surface area contributed by atoms with E-state index in [0.717, 1.165) is 12.1 Å². The van der Waals surface area contributed by atoms with E-state index in [0.29, 0.717) is 18.1 Å². The normalized spacial score (nSPS) is 11.0. The molecule has 4 nitrogen and oxygen atoms in total. The Labute approximate surface area is 157 Å². The first-order valence-electron chi connectivity index (χ1n) is 6.94. The Hall–Kier alpha value is -1.19. The van der Waals surface area contributed by atoms with E-state index in [-0.39, 0.29) is 36.4 Å². The molecule has 1 heterocycles. The monoisotopic (exact) mass is 449 g/mol. The molecule has 0 bridgehead atoms. The van der Waals surface area contributed by atoms with Crippen LogP contribution in [0.25, 0.3) is 0 Å². The lowest BCUT2D eigenvalue weighted by molar-refractivity contribution is 0.181. The zero-order valence-electron chi connectivity index (χ0n) is 13.1. The summed E-state index contributed by atoms with van der Waals surface area (Å²) >= 11 is 1.67. The van der Waals surface area contributed by atoms with Crippen LogP contribution in [0.3, 0.4) is 0 Å². The van der Waals surface area contributed by atoms with Crippen LogP contribution in [0, 0.1) is 5.82 Å². The largest absolute Gasteiger partial charge is 0.380 e. The van der Waals surface area contributed by atoms with Crippen LogP contribution < -0.4 is 10.6 Å². The quantitative estimate of drug-likeness (QED) is 0.403. The molecule has 1 aromatic carbocycles. The van der Waals surface area contributed by atoms with Gasteiger partial charge in [0.25, 0.3) is 0 Å². The molecule has 2 rings (SSSR count). The minimum Gasteiger partial charge on any atom is -0.380 e. The van der Waals surface area contributed by atoms with Gasteiger partial charge in [0.15, 0.2) is 5.96 Å². The maximum Gasteiger partial charge on any atom is 0.191 e. The van der Waals surface area contributed by atoms with Crippen LogP contribution in [-0.2, 0) is 24.4 Å². The van der Waals surface area contributed by atoms with Crippen LogP contribution in [0.5, 0.6) is 0 Å². The van der Waals surface area contributed by atoms with Crippen molar-refractivity contribution in [3.8, 4) is 0 Å². The third kappa shape index (κ3) is 6.44. The lowest BCUT2D eigenvalue weighted by Crippen LogP contribution is -2.36. The van der Waals surface area contributed by atoms with Gasteiger partial charge >= 0.3 is 0 Å². The molecule has 0 spiro atoms. The van der Waals surface area contributed by atoms with Crippen molar-refractivity contribution in [1.29, 1.82) is 0 Å². The molecule has 0 amide bonds. The summed E-state index contributed by atoms with van der Waals surface area (Å²) in [7, 11) is 3.28. The van der Waals surface area contributed by atoms with Crippen LogP contribution in [0.1, 0.15) is 16.7 Å². The summed E-state index contributed by atoms with van der Waals surface area (Å²) < 4.78 is 18.6. The van der Waals surface area contributed by atoms with Gasteiger partial charge in [-0.05, 0) is 40.1 Å². The second-order valence-electron chi connectivity index (χ2n) is 4.77. The number of hydrogen-bond acceptors (Lipinski definition) is 3. The van der Waals surface area contributed by atoms with E-state index in [9.17, 15) is 4.39 Å². The third-order valence-corrected chi connectivity index (χ3v) is 3.87. The van der Waals surface area contributed by atoms with Crippen LogP contribution in [0.2, 0.25) is 0 Å². The molecule has 0 atom stereocenters. The minimum absolute atomic E-state index is 0. The average molecular weight is 449 g/mol. The fourth-order valence-electron chi connectivity index (χ4n) is 1.99. The molecule has 0 saturated heterocycles. The molecule has 0 aliphatic carbocycles. The summed E-state index contributed by atoms with van der Waals surface area (Å²) in [5, 5.41) is 10.6. The first kappa shape index (κ1) is 19.9. The van der Waals surface area contributed by atoms with Crippen molar-refractivity contribution in [2.75, 3.05) is 14.2 Å². The Morgan fingerprint density at radius 1 is 1.22 bits per heavy atom. The zero-order chi connectivity index (χ0) is 15.8. The highest BCUT2D eigenvalue weighted by molar-refractivity contribution is 14.0. The molecular weight excluding hydrogens is 428 g/mol. The van der Waals surface area contributed by atoms with Crippen molar-refractivity contribution >= 4 is 41.3 Å². The van der Waals surface area contributed by atoms with E-state index in [2.05, 4.69) is 27.1 Å². The van der Waals surface area contributed by atoms with Crippen molar-refractivity contribution in [2.24, 2.45) is 4.99 Å². The number of nitrogens with one attached hydrogen (secondary N) is 2. The highest BCUT2D eigenvalue weighted by Crippen LogP contribution is 2.11. The van der Waals surface area contributed by atoms with Crippen LogP contribution >= 0.6 is 35.3 Å². The topological polar surface area (TPSA) is 45.7 Å². The maximum absolute atomic E-state index is 13.6. The molecule has 0 aliphatic heterocycles. The van der Waals surface area contributed by atoms with Crippen LogP contribution in [-0.4, -0.2) is 20.1 Å². The number of methoxy groups -OCH3 is 1. The molecule has 0 radical (unpaired) electrons. The number of halogens is 2. The second-order valence-corrected chi connectivity index (χ2v) is 5.55. The van der Waals surface area contributed by atoms with Crippen molar-refractivity contribution in [1.82, 2.24) is 10.6 Å². The van der Waals surface area contributed by atoms with Gasteiger partial charge in [-0.15, -0.1) is 24.0 Å². The summed E-state index contributed by atoms with van der Waals surface area (Å²) in [4.78, 5) is 4.18. The van der Waals surface area contributed by atoms with E-state index < -0.39 is 0 Å². The third-order valence-electron chi connectivity index (χ3n) is 3.13. The number of benzene rings is 1. The Kier molecular flexibility index (Phi) is 9.12. The van der Waals surface area contributed by atoms with E-state index in [1.165, 1.54) is 11.6 Å². The molecule has 2 aromatic rings. The highest BCUT2D eigenvalue weighted by atomic mass is 127. The molecular formula is C16H21FIN3OS. The number of guanidine groups is 1. The minimum atomic E-state index is -0.245. The van der Waals surface area contributed by atoms with Gasteiger partial charge < -0.3 is 15.4 Å². The smallest absolute Gasteiger partial charge is 0.191 e. The summed E-state index contributed by atoms with van der Waals surface area (Å²) in [6.45, 7) is 1.56. The van der Waals surface area contributed by atoms with Gasteiger partial charge in [-0.1, -0.05) is 6.07 Å². The lowest BCUT2D eigenvalue weighted by Gasteiger charge is -2.12. The van der Waals surface area contributed by atoms with Gasteiger partial charge in [-0.3, -0.25) is 4.99 Å². The zero-order valence-corrected chi connectivity index (χ0v) is 16.3. The fourth-order valence-corrected chi connectivity index (χ4v) is 2.66. The Morgan fingerprint density at radius 3 is 2.57 bits per heavy atom. The van der Waals surface area contributed by atoms with E-state index in [1.54, 1.807) is 37.6 Å². The molecule has 2 N–H and O–H groups in total. The maximum atomic E-state index is 13.6. The van der Waals surface area contributed by atoms with E-state index in [4.69, 9.17) is 4.74 Å². The average Bonchev–Trinajstić information content (AvgIpc) is 3.04. The summed E-state index contributed by atoms with van der Waals surface area (Å²) in [6.07, 6.45) is 0. The molecule has 0 fully saturated rings. The lowest BCUT2D eigenvalue weighted by atomic mass is 10.1. The van der Waals surface area contributed by atoms with Crippen molar-refractivity contribution in [2.45, 2.75) is 19.7 Å². The number of rotatable bonds is 6. The number of nitrogens with zero attached hydrogens (tertiary/aromatic N) is 1. The Morgan fingerprint density at radius 2 is 1.96 bits per heavy atom. The number of hydrogen-bond donors (Lipinski definition) is 2. The molecule has 7 heteroatoms. The highest BCUT2D eigenvalue weighted by Gasteiger charge is 2.04. The number of thiophene rings is 1. The SMILES string of the molecule is CN=C(NCc1ccsc1)NCc1ccc(F)c(COC)c1.I. The fraction of sp³-hybridized carbons (Fsp3) is 0.312. The second kappa shape index (κ2) is 10.6. The molecule has 23 heavy (non-hydrogen) atoms. The van der Waals surface area contributed by atoms with Gasteiger partial charge in [0.05, 0.1) is 6.61 Å². The van der Waals surface area contributed by atoms with Gasteiger partial charge in [-0.25, -0.2) is 4.39 Å².